The summed E-state index contributed by atoms with van der Waals surface area (Å²) in [4.78, 5) is 9.18. The molecule has 0 spiro atoms. The van der Waals surface area contributed by atoms with E-state index in [1.807, 2.05) is 33.8 Å². The van der Waals surface area contributed by atoms with Gasteiger partial charge in [0.15, 0.2) is 0 Å². The fraction of sp³-hybridized carbons (Fsp3) is 0.364. The number of aryl methyl sites for hydroxylation is 1. The van der Waals surface area contributed by atoms with Crippen LogP contribution < -0.4 is 15.8 Å². The zero-order chi connectivity index (χ0) is 20.9. The molecule has 1 aliphatic rings. The molecule has 4 rings (SSSR count). The second-order valence-electron chi connectivity index (χ2n) is 8.12. The van der Waals surface area contributed by atoms with E-state index in [9.17, 15) is 8.78 Å². The van der Waals surface area contributed by atoms with Gasteiger partial charge in [0.2, 0.25) is 0 Å². The summed E-state index contributed by atoms with van der Waals surface area (Å²) in [7, 11) is 0. The molecule has 2 heterocycles. The molecular weight excluding hydrogens is 374 g/mol. The van der Waals surface area contributed by atoms with Gasteiger partial charge in [0.1, 0.15) is 23.0 Å². The van der Waals surface area contributed by atoms with E-state index in [0.717, 1.165) is 28.6 Å². The summed E-state index contributed by atoms with van der Waals surface area (Å²) in [5, 5.41) is 4.15. The monoisotopic (exact) mass is 397 g/mol. The number of rotatable bonds is 4. The Morgan fingerprint density at radius 3 is 2.66 bits per heavy atom. The predicted molar refractivity (Wildman–Crippen MR) is 109 cm³/mol. The molecule has 1 aliphatic heterocycles. The van der Waals surface area contributed by atoms with Crippen LogP contribution in [0.2, 0.25) is 0 Å². The van der Waals surface area contributed by atoms with Gasteiger partial charge in [-0.15, -0.1) is 0 Å². The number of nitrogens with one attached hydrogen (secondary N) is 1. The second-order valence-corrected chi connectivity index (χ2v) is 8.12. The van der Waals surface area contributed by atoms with Gasteiger partial charge in [-0.25, -0.2) is 18.7 Å². The average molecular weight is 397 g/mol. The van der Waals surface area contributed by atoms with Crippen LogP contribution in [0.25, 0.3) is 10.9 Å². The number of fused-ring (bicyclic) bond motifs is 3. The van der Waals surface area contributed by atoms with Gasteiger partial charge in [0.25, 0.3) is 6.43 Å². The number of aromatic nitrogens is 2. The summed E-state index contributed by atoms with van der Waals surface area (Å²) in [5.41, 5.74) is 8.23. The molecule has 1 atom stereocenters. The van der Waals surface area contributed by atoms with E-state index in [2.05, 4.69) is 21.4 Å². The Morgan fingerprint density at radius 2 is 1.93 bits per heavy atom. The normalized spacial score (nSPS) is 16.0. The Hall–Kier alpha value is -2.96. The number of alkyl halides is 2. The van der Waals surface area contributed by atoms with E-state index in [0.29, 0.717) is 22.9 Å². The third-order valence-corrected chi connectivity index (χ3v) is 5.05. The average Bonchev–Trinajstić information content (AvgIpc) is 2.95. The highest BCUT2D eigenvalue weighted by atomic mass is 19.3. The number of hydrogen-bond acceptors (Lipinski definition) is 5. The number of ether oxygens (including phenoxy) is 1. The Kier molecular flexibility index (Phi) is 4.56. The maximum atomic E-state index is 13.2. The summed E-state index contributed by atoms with van der Waals surface area (Å²) in [6.07, 6.45) is -1.85. The lowest BCUT2D eigenvalue weighted by molar-refractivity contribution is 0.138. The lowest BCUT2D eigenvalue weighted by Gasteiger charge is -2.18. The third-order valence-electron chi connectivity index (χ3n) is 5.05. The van der Waals surface area contributed by atoms with E-state index < -0.39 is 6.43 Å². The maximum absolute atomic E-state index is 13.2. The Labute approximate surface area is 168 Å². The van der Waals surface area contributed by atoms with Gasteiger partial charge < -0.3 is 15.8 Å². The summed E-state index contributed by atoms with van der Waals surface area (Å²) in [5.74, 6) is 1.97. The van der Waals surface area contributed by atoms with Crippen molar-refractivity contribution in [2.24, 2.45) is 0 Å². The van der Waals surface area contributed by atoms with Gasteiger partial charge in [0.05, 0.1) is 11.6 Å². The van der Waals surface area contributed by atoms with Crippen molar-refractivity contribution >= 4 is 22.4 Å². The molecule has 0 aliphatic carbocycles. The molecule has 3 N–H and O–H groups in total. The summed E-state index contributed by atoms with van der Waals surface area (Å²) in [6.45, 7) is 7.77. The topological polar surface area (TPSA) is 73.1 Å². The van der Waals surface area contributed by atoms with Crippen molar-refractivity contribution in [3.8, 4) is 5.75 Å². The minimum absolute atomic E-state index is 0.0945. The number of benzene rings is 2. The molecule has 0 bridgehead atoms. The molecular formula is C22H23F2N4O. The van der Waals surface area contributed by atoms with E-state index in [1.165, 1.54) is 12.1 Å². The van der Waals surface area contributed by atoms with Crippen molar-refractivity contribution in [1.82, 2.24) is 9.97 Å². The number of nitrogens with two attached hydrogens (primary N) is 1. The minimum Gasteiger partial charge on any atom is -0.486 e. The number of anilines is 2. The minimum atomic E-state index is -2.58. The van der Waals surface area contributed by atoms with E-state index >= 15 is 0 Å². The zero-order valence-electron chi connectivity index (χ0n) is 16.8. The first-order chi connectivity index (χ1) is 13.6. The molecule has 0 saturated heterocycles. The first kappa shape index (κ1) is 19.4. The molecule has 1 aromatic heterocycles. The van der Waals surface area contributed by atoms with Gasteiger partial charge in [0, 0.05) is 34.7 Å². The summed E-state index contributed by atoms with van der Waals surface area (Å²) >= 11 is 0. The molecule has 151 valence electrons. The van der Waals surface area contributed by atoms with Crippen LogP contribution in [-0.4, -0.2) is 15.6 Å². The Bertz CT molecular complexity index is 1100. The highest BCUT2D eigenvalue weighted by Gasteiger charge is 2.32. The van der Waals surface area contributed by atoms with Gasteiger partial charge in [-0.1, -0.05) is 0 Å². The number of halogens is 2. The second kappa shape index (κ2) is 6.83. The molecule has 2 aromatic carbocycles. The number of nitrogens with zero attached hydrogens (tertiary/aromatic N) is 2. The SMILES string of the molecule is Cc1nc(NC(C)c2cc(N)cc(C(F)F)c2)c2c[c]c3c(c2n1)CC(C)(C)O3. The van der Waals surface area contributed by atoms with E-state index in [1.54, 1.807) is 6.07 Å². The van der Waals surface area contributed by atoms with Gasteiger partial charge in [-0.2, -0.15) is 0 Å². The number of nitrogen functional groups attached to an aromatic ring is 1. The Morgan fingerprint density at radius 1 is 1.21 bits per heavy atom. The van der Waals surface area contributed by atoms with Crippen LogP contribution in [0.15, 0.2) is 24.3 Å². The molecule has 5 nitrogen and oxygen atoms in total. The van der Waals surface area contributed by atoms with Crippen molar-refractivity contribution in [2.45, 2.75) is 52.2 Å². The fourth-order valence-electron chi connectivity index (χ4n) is 3.75. The van der Waals surface area contributed by atoms with E-state index in [-0.39, 0.29) is 17.2 Å². The first-order valence-corrected chi connectivity index (χ1v) is 9.49. The van der Waals surface area contributed by atoms with Gasteiger partial charge in [-0.3, -0.25) is 0 Å². The van der Waals surface area contributed by atoms with Crippen molar-refractivity contribution in [3.05, 3.63) is 52.8 Å². The zero-order valence-corrected chi connectivity index (χ0v) is 16.8. The largest absolute Gasteiger partial charge is 0.486 e. The highest BCUT2D eigenvalue weighted by molar-refractivity contribution is 5.93. The van der Waals surface area contributed by atoms with Crippen molar-refractivity contribution in [1.29, 1.82) is 0 Å². The Balaban J connectivity index is 1.74. The summed E-state index contributed by atoms with van der Waals surface area (Å²) in [6, 6.07) is 9.18. The van der Waals surface area contributed by atoms with Crippen LogP contribution in [0.1, 0.15) is 55.8 Å². The van der Waals surface area contributed by atoms with Gasteiger partial charge in [-0.05, 0) is 57.5 Å². The third kappa shape index (κ3) is 3.69. The summed E-state index contributed by atoms with van der Waals surface area (Å²) < 4.78 is 32.3. The smallest absolute Gasteiger partial charge is 0.263 e. The standard InChI is InChI=1S/C22H23F2N4O/c1-11(13-7-14(20(23)24)9-15(25)8-13)26-21-16-5-6-18-17(10-22(3,4)29-18)19(16)27-12(2)28-21/h5,7-9,11,20H,10,25H2,1-4H3,(H,26,27,28). The van der Waals surface area contributed by atoms with Crippen molar-refractivity contribution < 1.29 is 13.5 Å². The van der Waals surface area contributed by atoms with Gasteiger partial charge >= 0.3 is 0 Å². The van der Waals surface area contributed by atoms with Crippen LogP contribution in [0, 0.1) is 13.0 Å². The fourth-order valence-corrected chi connectivity index (χ4v) is 3.75. The lowest BCUT2D eigenvalue weighted by Crippen LogP contribution is -2.24. The lowest BCUT2D eigenvalue weighted by atomic mass is 9.99. The first-order valence-electron chi connectivity index (χ1n) is 9.49. The molecule has 29 heavy (non-hydrogen) atoms. The highest BCUT2D eigenvalue weighted by Crippen LogP contribution is 2.40. The molecule has 7 heteroatoms. The van der Waals surface area contributed by atoms with Crippen LogP contribution in [0.4, 0.5) is 20.3 Å². The molecule has 0 fully saturated rings. The van der Waals surface area contributed by atoms with Crippen LogP contribution in [0.5, 0.6) is 5.75 Å². The quantitative estimate of drug-likeness (QED) is 0.596. The van der Waals surface area contributed by atoms with Crippen LogP contribution in [-0.2, 0) is 6.42 Å². The molecule has 1 radical (unpaired) electrons. The molecule has 0 amide bonds. The maximum Gasteiger partial charge on any atom is 0.263 e. The van der Waals surface area contributed by atoms with Crippen molar-refractivity contribution in [2.75, 3.05) is 11.1 Å². The van der Waals surface area contributed by atoms with Crippen molar-refractivity contribution in [3.63, 3.8) is 0 Å². The molecule has 0 saturated carbocycles. The molecule has 3 aromatic rings. The van der Waals surface area contributed by atoms with E-state index in [4.69, 9.17) is 10.5 Å². The van der Waals surface area contributed by atoms with Crippen LogP contribution in [0.3, 0.4) is 0 Å². The van der Waals surface area contributed by atoms with Crippen LogP contribution >= 0.6 is 0 Å². The number of hydrogen-bond donors (Lipinski definition) is 2. The molecule has 1 unspecified atom stereocenters. The predicted octanol–water partition coefficient (Wildman–Crippen LogP) is 5.14.